The van der Waals surface area contributed by atoms with Gasteiger partial charge in [-0.1, -0.05) is 6.07 Å². The Balaban J connectivity index is 1.42. The van der Waals surface area contributed by atoms with Gasteiger partial charge in [-0.3, -0.25) is 4.90 Å². The third-order valence-electron chi connectivity index (χ3n) is 6.24. The molecule has 0 aliphatic carbocycles. The van der Waals surface area contributed by atoms with Gasteiger partial charge >= 0.3 is 0 Å². The van der Waals surface area contributed by atoms with Gasteiger partial charge in [-0.25, -0.2) is 23.8 Å². The van der Waals surface area contributed by atoms with E-state index in [1.165, 1.54) is 24.3 Å². The predicted octanol–water partition coefficient (Wildman–Crippen LogP) is 4.85. The first-order chi connectivity index (χ1) is 17.5. The van der Waals surface area contributed by atoms with Crippen LogP contribution in [0.25, 0.3) is 33.5 Å². The average molecular weight is 485 g/mol. The lowest BCUT2D eigenvalue weighted by Gasteiger charge is -2.26. The predicted molar refractivity (Wildman–Crippen MR) is 130 cm³/mol. The number of benzene rings is 3. The van der Waals surface area contributed by atoms with Crippen molar-refractivity contribution >= 4 is 11.0 Å². The second kappa shape index (κ2) is 9.10. The van der Waals surface area contributed by atoms with E-state index in [0.717, 1.165) is 5.56 Å². The van der Waals surface area contributed by atoms with Crippen LogP contribution in [0.3, 0.4) is 0 Å². The summed E-state index contributed by atoms with van der Waals surface area (Å²) >= 11 is 0. The Bertz CT molecular complexity index is 1540. The third kappa shape index (κ3) is 4.19. The first-order valence-electron chi connectivity index (χ1n) is 11.5. The van der Waals surface area contributed by atoms with Gasteiger partial charge in [0.1, 0.15) is 24.5 Å². The second-order valence-electron chi connectivity index (χ2n) is 8.60. The Labute approximate surface area is 205 Å². The van der Waals surface area contributed by atoms with Gasteiger partial charge in [0.2, 0.25) is 5.88 Å². The zero-order chi connectivity index (χ0) is 24.6. The fourth-order valence-electron chi connectivity index (χ4n) is 4.37. The highest BCUT2D eigenvalue weighted by Gasteiger charge is 2.24. The number of rotatable bonds is 4. The van der Waals surface area contributed by atoms with Crippen molar-refractivity contribution in [1.29, 1.82) is 0 Å². The van der Waals surface area contributed by atoms with Crippen LogP contribution in [0.1, 0.15) is 17.4 Å². The molecule has 0 saturated carbocycles. The summed E-state index contributed by atoms with van der Waals surface area (Å²) in [4.78, 5) is 11.6. The van der Waals surface area contributed by atoms with E-state index in [0.29, 0.717) is 64.7 Å². The number of fused-ring (bicyclic) bond motifs is 2. The van der Waals surface area contributed by atoms with Crippen molar-refractivity contribution in [2.24, 2.45) is 0 Å². The van der Waals surface area contributed by atoms with Gasteiger partial charge in [-0.2, -0.15) is 5.10 Å². The van der Waals surface area contributed by atoms with E-state index in [1.54, 1.807) is 42.6 Å². The van der Waals surface area contributed by atoms with Crippen LogP contribution in [0.2, 0.25) is 0 Å². The summed E-state index contributed by atoms with van der Waals surface area (Å²) in [6.07, 6.45) is 0.796. The van der Waals surface area contributed by atoms with Gasteiger partial charge in [0.05, 0.1) is 28.6 Å². The van der Waals surface area contributed by atoms with Crippen LogP contribution in [0.4, 0.5) is 8.78 Å². The van der Waals surface area contributed by atoms with Gasteiger partial charge in [-0.05, 0) is 66.2 Å². The second-order valence-corrected chi connectivity index (χ2v) is 8.60. The van der Waals surface area contributed by atoms with Crippen LogP contribution in [-0.4, -0.2) is 43.3 Å². The molecule has 2 N–H and O–H groups in total. The van der Waals surface area contributed by atoms with Crippen LogP contribution in [-0.2, 0) is 6.54 Å². The van der Waals surface area contributed by atoms with Crippen molar-refractivity contribution in [3.63, 3.8) is 0 Å². The fraction of sp³-hybridized carbons (Fsp3) is 0.148. The summed E-state index contributed by atoms with van der Waals surface area (Å²) in [5.41, 5.74) is 5.17. The van der Waals surface area contributed by atoms with Gasteiger partial charge in [0.25, 0.3) is 0 Å². The molecule has 1 aliphatic heterocycles. The molecule has 1 aliphatic rings. The Morgan fingerprint density at radius 1 is 0.861 bits per heavy atom. The van der Waals surface area contributed by atoms with Crippen molar-refractivity contribution in [2.45, 2.75) is 12.8 Å². The smallest absolute Gasteiger partial charge is 0.213 e. The molecular weight excluding hydrogens is 464 g/mol. The molecule has 7 nitrogen and oxygen atoms in total. The number of nitrogens with zero attached hydrogens (tertiary/aromatic N) is 4. The number of aromatic nitrogens is 4. The normalized spacial score (nSPS) is 14.8. The Morgan fingerprint density at radius 3 is 2.17 bits per heavy atom. The number of H-pyrrole nitrogens is 1. The molecule has 0 saturated heterocycles. The first kappa shape index (κ1) is 22.3. The summed E-state index contributed by atoms with van der Waals surface area (Å²) in [6.45, 7) is 1.41. The van der Waals surface area contributed by atoms with Crippen molar-refractivity contribution < 1.29 is 18.6 Å². The molecule has 5 aromatic rings. The van der Waals surface area contributed by atoms with E-state index < -0.39 is 6.23 Å². The van der Waals surface area contributed by atoms with Crippen LogP contribution in [0.15, 0.2) is 72.9 Å². The highest BCUT2D eigenvalue weighted by atomic mass is 19.1. The number of aromatic amines is 1. The number of ether oxygens (including phenoxy) is 1. The quantitative estimate of drug-likeness (QED) is 0.379. The molecule has 0 bridgehead atoms. The molecule has 0 fully saturated rings. The Morgan fingerprint density at radius 2 is 1.50 bits per heavy atom. The maximum atomic E-state index is 13.6. The van der Waals surface area contributed by atoms with Gasteiger partial charge in [-0.15, -0.1) is 0 Å². The third-order valence-corrected chi connectivity index (χ3v) is 6.24. The highest BCUT2D eigenvalue weighted by Crippen LogP contribution is 2.33. The van der Waals surface area contributed by atoms with Crippen LogP contribution in [0, 0.1) is 11.6 Å². The standard InChI is InChI=1S/C27H21F2N5O2/c28-20-6-1-16(2-7-20)24-25(17-3-8-21(29)9-4-17)32-23-13-18(5-10-22(23)31-24)27(35)34-11-12-36-26-19(15-34)14-30-33-26/h1-10,13-14,27,35H,11-12,15H2,(H,30,33). The average Bonchev–Trinajstić information content (AvgIpc) is 3.24. The van der Waals surface area contributed by atoms with Crippen LogP contribution in [0.5, 0.6) is 5.88 Å². The number of nitrogens with one attached hydrogen (secondary N) is 1. The fourth-order valence-corrected chi connectivity index (χ4v) is 4.37. The molecule has 1 unspecified atom stereocenters. The van der Waals surface area contributed by atoms with E-state index in [1.807, 2.05) is 11.0 Å². The minimum Gasteiger partial charge on any atom is -0.476 e. The SMILES string of the molecule is OC(c1ccc2nc(-c3ccc(F)cc3)c(-c3ccc(F)cc3)nc2c1)N1CCOc2[nH]ncc2C1. The summed E-state index contributed by atoms with van der Waals surface area (Å²) in [6, 6.07) is 17.4. The van der Waals surface area contributed by atoms with E-state index >= 15 is 0 Å². The van der Waals surface area contributed by atoms with Crippen molar-refractivity contribution in [2.75, 3.05) is 13.2 Å². The number of hydrogen-bond acceptors (Lipinski definition) is 6. The minimum absolute atomic E-state index is 0.351. The number of aliphatic hydroxyl groups excluding tert-OH is 1. The monoisotopic (exact) mass is 485 g/mol. The topological polar surface area (TPSA) is 87.2 Å². The van der Waals surface area contributed by atoms with Crippen molar-refractivity contribution in [3.8, 4) is 28.4 Å². The van der Waals surface area contributed by atoms with Gasteiger partial charge < -0.3 is 9.84 Å². The molecule has 2 aromatic heterocycles. The lowest BCUT2D eigenvalue weighted by atomic mass is 10.0. The first-order valence-corrected chi connectivity index (χ1v) is 11.5. The summed E-state index contributed by atoms with van der Waals surface area (Å²) in [7, 11) is 0. The maximum Gasteiger partial charge on any atom is 0.213 e. The van der Waals surface area contributed by atoms with E-state index in [2.05, 4.69) is 10.2 Å². The molecule has 0 spiro atoms. The molecule has 6 rings (SSSR count). The molecule has 1 atom stereocenters. The van der Waals surface area contributed by atoms with Crippen molar-refractivity contribution in [1.82, 2.24) is 25.1 Å². The molecule has 3 heterocycles. The zero-order valence-corrected chi connectivity index (χ0v) is 19.0. The van der Waals surface area contributed by atoms with Crippen molar-refractivity contribution in [3.05, 3.63) is 95.7 Å². The zero-order valence-electron chi connectivity index (χ0n) is 19.0. The number of hydrogen-bond donors (Lipinski definition) is 2. The Hall–Kier alpha value is -4.21. The summed E-state index contributed by atoms with van der Waals surface area (Å²) in [5.74, 6) is -0.0919. The molecule has 9 heteroatoms. The van der Waals surface area contributed by atoms with E-state index in [4.69, 9.17) is 14.7 Å². The lowest BCUT2D eigenvalue weighted by Crippen LogP contribution is -2.30. The summed E-state index contributed by atoms with van der Waals surface area (Å²) in [5, 5.41) is 18.0. The van der Waals surface area contributed by atoms with Crippen LogP contribution >= 0.6 is 0 Å². The van der Waals surface area contributed by atoms with Gasteiger partial charge in [0, 0.05) is 29.8 Å². The molecular formula is C27H21F2N5O2. The largest absolute Gasteiger partial charge is 0.476 e. The number of aliphatic hydroxyl groups is 1. The highest BCUT2D eigenvalue weighted by molar-refractivity contribution is 5.86. The lowest BCUT2D eigenvalue weighted by molar-refractivity contribution is -0.00669. The van der Waals surface area contributed by atoms with E-state index in [9.17, 15) is 13.9 Å². The van der Waals surface area contributed by atoms with Crippen LogP contribution < -0.4 is 4.74 Å². The number of halogens is 2. The molecule has 3 aromatic carbocycles. The van der Waals surface area contributed by atoms with E-state index in [-0.39, 0.29) is 11.6 Å². The molecule has 0 radical (unpaired) electrons. The Kier molecular flexibility index (Phi) is 5.63. The molecule has 0 amide bonds. The molecule has 180 valence electrons. The molecule has 36 heavy (non-hydrogen) atoms. The summed E-state index contributed by atoms with van der Waals surface area (Å²) < 4.78 is 32.9. The van der Waals surface area contributed by atoms with Gasteiger partial charge in [0.15, 0.2) is 0 Å². The minimum atomic E-state index is -0.897. The maximum absolute atomic E-state index is 13.6.